The van der Waals surface area contributed by atoms with E-state index in [2.05, 4.69) is 6.07 Å². The van der Waals surface area contributed by atoms with Crippen LogP contribution in [-0.2, 0) is 10.0 Å². The summed E-state index contributed by atoms with van der Waals surface area (Å²) in [5.41, 5.74) is 3.11. The minimum atomic E-state index is -3.46. The Bertz CT molecular complexity index is 1020. The standard InChI is InChI=1S/C20H22N2O2S2/c1-14-9-10-17(12-15(14)2)26(23,24)22-11-5-6-16(13-22)20-21-18-7-3-4-8-19(18)25-20/h3-4,7-10,12,16H,5-6,11,13H2,1-2H3/t16-/m0/s1. The van der Waals surface area contributed by atoms with Gasteiger partial charge in [-0.3, -0.25) is 0 Å². The summed E-state index contributed by atoms with van der Waals surface area (Å²) in [6, 6.07) is 13.5. The molecule has 6 heteroatoms. The summed E-state index contributed by atoms with van der Waals surface area (Å²) in [6.45, 7) is 5.04. The molecule has 4 nitrogen and oxygen atoms in total. The fourth-order valence-electron chi connectivity index (χ4n) is 3.45. The average Bonchev–Trinajstić information content (AvgIpc) is 3.08. The molecule has 0 saturated carbocycles. The van der Waals surface area contributed by atoms with Gasteiger partial charge in [0.1, 0.15) is 0 Å². The van der Waals surface area contributed by atoms with Crippen molar-refractivity contribution in [3.8, 4) is 0 Å². The topological polar surface area (TPSA) is 50.3 Å². The summed E-state index contributed by atoms with van der Waals surface area (Å²) < 4.78 is 29.0. The molecule has 1 aliphatic heterocycles. The van der Waals surface area contributed by atoms with E-state index in [4.69, 9.17) is 4.98 Å². The lowest BCUT2D eigenvalue weighted by molar-refractivity contribution is 0.315. The van der Waals surface area contributed by atoms with Crippen molar-refractivity contribution in [1.82, 2.24) is 9.29 Å². The highest BCUT2D eigenvalue weighted by Gasteiger charge is 2.32. The molecule has 0 amide bonds. The van der Waals surface area contributed by atoms with Crippen molar-refractivity contribution in [2.24, 2.45) is 0 Å². The third-order valence-corrected chi connectivity index (χ3v) is 8.22. The van der Waals surface area contributed by atoms with Gasteiger partial charge in [-0.2, -0.15) is 4.31 Å². The smallest absolute Gasteiger partial charge is 0.241 e. The normalized spacial score (nSPS) is 19.1. The Labute approximate surface area is 158 Å². The Hall–Kier alpha value is -1.76. The largest absolute Gasteiger partial charge is 0.243 e. The van der Waals surface area contributed by atoms with E-state index in [9.17, 15) is 8.42 Å². The minimum absolute atomic E-state index is 0.169. The number of fused-ring (bicyclic) bond motifs is 1. The molecule has 4 rings (SSSR count). The highest BCUT2D eigenvalue weighted by atomic mass is 32.2. The number of thiazole rings is 1. The van der Waals surface area contributed by atoms with E-state index in [0.717, 1.165) is 39.2 Å². The Kier molecular flexibility index (Phi) is 4.59. The molecule has 1 saturated heterocycles. The van der Waals surface area contributed by atoms with Crippen molar-refractivity contribution < 1.29 is 8.42 Å². The number of hydrogen-bond acceptors (Lipinski definition) is 4. The molecule has 0 spiro atoms. The van der Waals surface area contributed by atoms with Crippen LogP contribution in [0, 0.1) is 13.8 Å². The Balaban J connectivity index is 1.62. The van der Waals surface area contributed by atoms with Crippen molar-refractivity contribution in [2.75, 3.05) is 13.1 Å². The zero-order valence-electron chi connectivity index (χ0n) is 15.0. The first-order valence-electron chi connectivity index (χ1n) is 8.88. The number of aryl methyl sites for hydroxylation is 2. The van der Waals surface area contributed by atoms with Crippen molar-refractivity contribution in [3.05, 3.63) is 58.6 Å². The molecule has 0 radical (unpaired) electrons. The second-order valence-electron chi connectivity index (χ2n) is 6.97. The van der Waals surface area contributed by atoms with Crippen LogP contribution >= 0.6 is 11.3 Å². The van der Waals surface area contributed by atoms with Crippen LogP contribution in [-0.4, -0.2) is 30.8 Å². The van der Waals surface area contributed by atoms with Crippen LogP contribution in [0.1, 0.15) is 34.9 Å². The van der Waals surface area contributed by atoms with Gasteiger partial charge in [-0.05, 0) is 62.1 Å². The number of aromatic nitrogens is 1. The number of nitrogens with zero attached hydrogens (tertiary/aromatic N) is 2. The minimum Gasteiger partial charge on any atom is -0.241 e. The molecule has 26 heavy (non-hydrogen) atoms. The lowest BCUT2D eigenvalue weighted by Crippen LogP contribution is -2.39. The van der Waals surface area contributed by atoms with E-state index in [1.54, 1.807) is 27.8 Å². The fraction of sp³-hybridized carbons (Fsp3) is 0.350. The lowest BCUT2D eigenvalue weighted by Gasteiger charge is -2.31. The van der Waals surface area contributed by atoms with Gasteiger partial charge >= 0.3 is 0 Å². The highest BCUT2D eigenvalue weighted by Crippen LogP contribution is 2.34. The summed E-state index contributed by atoms with van der Waals surface area (Å²) in [5.74, 6) is 0.169. The van der Waals surface area contributed by atoms with Crippen molar-refractivity contribution >= 4 is 31.6 Å². The maximum atomic E-state index is 13.1. The van der Waals surface area contributed by atoms with Crippen LogP contribution in [0.2, 0.25) is 0 Å². The molecule has 3 aromatic rings. The molecule has 136 valence electrons. The van der Waals surface area contributed by atoms with E-state index >= 15 is 0 Å². The van der Waals surface area contributed by atoms with Gasteiger partial charge in [0.15, 0.2) is 0 Å². The van der Waals surface area contributed by atoms with E-state index in [0.29, 0.717) is 18.0 Å². The number of para-hydroxylation sites is 1. The van der Waals surface area contributed by atoms with Crippen LogP contribution in [0.4, 0.5) is 0 Å². The molecule has 2 heterocycles. The molecule has 0 unspecified atom stereocenters. The molecule has 1 aliphatic rings. The van der Waals surface area contributed by atoms with Crippen LogP contribution in [0.15, 0.2) is 47.4 Å². The van der Waals surface area contributed by atoms with Crippen LogP contribution in [0.3, 0.4) is 0 Å². The van der Waals surface area contributed by atoms with Gasteiger partial charge in [-0.15, -0.1) is 11.3 Å². The predicted molar refractivity (Wildman–Crippen MR) is 106 cm³/mol. The number of benzene rings is 2. The molecule has 1 atom stereocenters. The third-order valence-electron chi connectivity index (χ3n) is 5.16. The molecule has 0 aliphatic carbocycles. The summed E-state index contributed by atoms with van der Waals surface area (Å²) in [5, 5.41) is 1.05. The summed E-state index contributed by atoms with van der Waals surface area (Å²) in [6.07, 6.45) is 1.85. The molecule has 0 bridgehead atoms. The van der Waals surface area contributed by atoms with E-state index in [1.165, 1.54) is 0 Å². The van der Waals surface area contributed by atoms with Gasteiger partial charge in [0, 0.05) is 19.0 Å². The van der Waals surface area contributed by atoms with Crippen molar-refractivity contribution in [3.63, 3.8) is 0 Å². The van der Waals surface area contributed by atoms with Gasteiger partial charge in [-0.1, -0.05) is 18.2 Å². The Morgan fingerprint density at radius 3 is 2.69 bits per heavy atom. The number of rotatable bonds is 3. The quantitative estimate of drug-likeness (QED) is 0.667. The first kappa shape index (κ1) is 17.6. The number of hydrogen-bond donors (Lipinski definition) is 0. The van der Waals surface area contributed by atoms with Gasteiger partial charge < -0.3 is 0 Å². The molecular weight excluding hydrogens is 364 g/mol. The summed E-state index contributed by atoms with van der Waals surface area (Å²) in [7, 11) is -3.46. The van der Waals surface area contributed by atoms with Gasteiger partial charge in [0.2, 0.25) is 10.0 Å². The van der Waals surface area contributed by atoms with Crippen molar-refractivity contribution in [1.29, 1.82) is 0 Å². The molecule has 2 aromatic carbocycles. The second kappa shape index (κ2) is 6.76. The van der Waals surface area contributed by atoms with Gasteiger partial charge in [0.05, 0.1) is 20.1 Å². The molecule has 1 aromatic heterocycles. The monoisotopic (exact) mass is 386 g/mol. The van der Waals surface area contributed by atoms with E-state index in [1.807, 2.05) is 38.1 Å². The third kappa shape index (κ3) is 3.17. The second-order valence-corrected chi connectivity index (χ2v) is 9.97. The number of piperidine rings is 1. The SMILES string of the molecule is Cc1ccc(S(=O)(=O)N2CCC[C@H](c3nc4ccccc4s3)C2)cc1C. The summed E-state index contributed by atoms with van der Waals surface area (Å²) >= 11 is 1.68. The number of sulfonamides is 1. The molecular formula is C20H22N2O2S2. The zero-order chi connectivity index (χ0) is 18.3. The highest BCUT2D eigenvalue weighted by molar-refractivity contribution is 7.89. The van der Waals surface area contributed by atoms with Crippen LogP contribution in [0.25, 0.3) is 10.2 Å². The molecule has 1 fully saturated rings. The maximum Gasteiger partial charge on any atom is 0.243 e. The van der Waals surface area contributed by atoms with Crippen molar-refractivity contribution in [2.45, 2.75) is 37.5 Å². The van der Waals surface area contributed by atoms with Crippen LogP contribution in [0.5, 0.6) is 0 Å². The first-order valence-corrected chi connectivity index (χ1v) is 11.1. The lowest BCUT2D eigenvalue weighted by atomic mass is 10.0. The van der Waals surface area contributed by atoms with Gasteiger partial charge in [-0.25, -0.2) is 13.4 Å². The first-order chi connectivity index (χ1) is 12.4. The maximum absolute atomic E-state index is 13.1. The van der Waals surface area contributed by atoms with Crippen LogP contribution < -0.4 is 0 Å². The Morgan fingerprint density at radius 2 is 1.92 bits per heavy atom. The zero-order valence-corrected chi connectivity index (χ0v) is 16.6. The van der Waals surface area contributed by atoms with Gasteiger partial charge in [0.25, 0.3) is 0 Å². The molecule has 0 N–H and O–H groups in total. The van der Waals surface area contributed by atoms with E-state index in [-0.39, 0.29) is 5.92 Å². The fourth-order valence-corrected chi connectivity index (χ4v) is 6.15. The average molecular weight is 387 g/mol. The predicted octanol–water partition coefficient (Wildman–Crippen LogP) is 4.48. The van der Waals surface area contributed by atoms with E-state index < -0.39 is 10.0 Å². The summed E-state index contributed by atoms with van der Waals surface area (Å²) in [4.78, 5) is 5.14. The Morgan fingerprint density at radius 1 is 1.12 bits per heavy atom.